The van der Waals surface area contributed by atoms with Gasteiger partial charge in [0, 0.05) is 12.1 Å². The minimum absolute atomic E-state index is 0.579. The molecular formula is C15H31N. The minimum atomic E-state index is 0.579. The summed E-state index contributed by atoms with van der Waals surface area (Å²) in [6.07, 6.45) is 8.23. The number of hydrogen-bond acceptors (Lipinski definition) is 1. The Kier molecular flexibility index (Phi) is 5.30. The van der Waals surface area contributed by atoms with Gasteiger partial charge in [-0.15, -0.1) is 0 Å². The lowest BCUT2D eigenvalue weighted by Gasteiger charge is -2.27. The van der Waals surface area contributed by atoms with Crippen molar-refractivity contribution in [2.24, 2.45) is 11.3 Å². The highest BCUT2D eigenvalue weighted by Gasteiger charge is 2.25. The largest absolute Gasteiger partial charge is 0.311 e. The lowest BCUT2D eigenvalue weighted by molar-refractivity contribution is 0.297. The quantitative estimate of drug-likeness (QED) is 0.701. The summed E-state index contributed by atoms with van der Waals surface area (Å²) in [6, 6.07) is 1.45. The molecule has 1 rings (SSSR count). The topological polar surface area (TPSA) is 12.0 Å². The monoisotopic (exact) mass is 225 g/mol. The minimum Gasteiger partial charge on any atom is -0.311 e. The second-order valence-corrected chi connectivity index (χ2v) is 6.63. The van der Waals surface area contributed by atoms with E-state index in [2.05, 4.69) is 39.9 Å². The Hall–Kier alpha value is -0.0400. The number of rotatable bonds is 4. The molecule has 0 spiro atoms. The van der Waals surface area contributed by atoms with Crippen molar-refractivity contribution in [3.8, 4) is 0 Å². The molecule has 1 N–H and O–H groups in total. The molecule has 1 aliphatic carbocycles. The van der Waals surface area contributed by atoms with Crippen LogP contribution < -0.4 is 5.32 Å². The second kappa shape index (κ2) is 6.05. The first kappa shape index (κ1) is 14.0. The van der Waals surface area contributed by atoms with Crippen LogP contribution in [0.5, 0.6) is 0 Å². The van der Waals surface area contributed by atoms with Gasteiger partial charge in [-0.3, -0.25) is 0 Å². The lowest BCUT2D eigenvalue weighted by Crippen LogP contribution is -2.39. The van der Waals surface area contributed by atoms with E-state index in [1.807, 2.05) is 0 Å². The third-order valence-corrected chi connectivity index (χ3v) is 4.57. The summed E-state index contributed by atoms with van der Waals surface area (Å²) in [7, 11) is 0. The van der Waals surface area contributed by atoms with Gasteiger partial charge in [0.25, 0.3) is 0 Å². The Bertz CT molecular complexity index is 198. The lowest BCUT2D eigenvalue weighted by atomic mass is 9.85. The molecule has 0 aromatic rings. The standard InChI is InChI=1S/C15H31N/c1-6-12(2)13(3)16-14-8-7-10-15(4,5)11-9-14/h12-14,16H,6-11H2,1-5H3. The maximum atomic E-state index is 3.85. The van der Waals surface area contributed by atoms with Crippen LogP contribution in [0.25, 0.3) is 0 Å². The highest BCUT2D eigenvalue weighted by atomic mass is 14.9. The highest BCUT2D eigenvalue weighted by Crippen LogP contribution is 2.34. The molecule has 96 valence electrons. The van der Waals surface area contributed by atoms with E-state index in [1.54, 1.807) is 0 Å². The fourth-order valence-corrected chi connectivity index (χ4v) is 2.72. The van der Waals surface area contributed by atoms with Crippen molar-refractivity contribution >= 4 is 0 Å². The average Bonchev–Trinajstić information content (AvgIpc) is 2.39. The molecule has 0 aliphatic heterocycles. The van der Waals surface area contributed by atoms with Crippen LogP contribution in [0.1, 0.15) is 73.1 Å². The van der Waals surface area contributed by atoms with E-state index in [0.29, 0.717) is 11.5 Å². The van der Waals surface area contributed by atoms with Crippen molar-refractivity contribution in [2.45, 2.75) is 85.2 Å². The molecule has 0 bridgehead atoms. The Morgan fingerprint density at radius 1 is 1.19 bits per heavy atom. The molecule has 1 saturated carbocycles. The smallest absolute Gasteiger partial charge is 0.00698 e. The van der Waals surface area contributed by atoms with Crippen molar-refractivity contribution in [1.29, 1.82) is 0 Å². The van der Waals surface area contributed by atoms with E-state index >= 15 is 0 Å². The molecule has 0 aromatic carbocycles. The van der Waals surface area contributed by atoms with Crippen LogP contribution >= 0.6 is 0 Å². The third kappa shape index (κ3) is 4.45. The molecule has 1 nitrogen and oxygen atoms in total. The van der Waals surface area contributed by atoms with E-state index < -0.39 is 0 Å². The molecule has 0 heterocycles. The van der Waals surface area contributed by atoms with E-state index in [4.69, 9.17) is 0 Å². The predicted octanol–water partition coefficient (Wildman–Crippen LogP) is 4.37. The van der Waals surface area contributed by atoms with Crippen LogP contribution in [-0.2, 0) is 0 Å². The van der Waals surface area contributed by atoms with Gasteiger partial charge in [0.05, 0.1) is 0 Å². The van der Waals surface area contributed by atoms with Crippen molar-refractivity contribution < 1.29 is 0 Å². The Balaban J connectivity index is 2.38. The molecule has 1 fully saturated rings. The van der Waals surface area contributed by atoms with Crippen LogP contribution in [0.4, 0.5) is 0 Å². The Morgan fingerprint density at radius 2 is 1.88 bits per heavy atom. The molecule has 0 aromatic heterocycles. The van der Waals surface area contributed by atoms with E-state index in [0.717, 1.165) is 12.0 Å². The molecule has 0 amide bonds. The maximum Gasteiger partial charge on any atom is 0.00698 e. The van der Waals surface area contributed by atoms with Gasteiger partial charge >= 0.3 is 0 Å². The summed E-state index contributed by atoms with van der Waals surface area (Å²) in [5.41, 5.74) is 0.579. The summed E-state index contributed by atoms with van der Waals surface area (Å²) in [4.78, 5) is 0. The van der Waals surface area contributed by atoms with Crippen molar-refractivity contribution in [1.82, 2.24) is 5.32 Å². The van der Waals surface area contributed by atoms with Crippen LogP contribution in [0.2, 0.25) is 0 Å². The summed E-state index contributed by atoms with van der Waals surface area (Å²) in [5, 5.41) is 3.85. The zero-order chi connectivity index (χ0) is 12.2. The zero-order valence-electron chi connectivity index (χ0n) is 12.0. The van der Waals surface area contributed by atoms with Crippen molar-refractivity contribution in [3.63, 3.8) is 0 Å². The predicted molar refractivity (Wildman–Crippen MR) is 72.7 cm³/mol. The van der Waals surface area contributed by atoms with Gasteiger partial charge in [-0.2, -0.15) is 0 Å². The molecule has 1 heteroatoms. The fraction of sp³-hybridized carbons (Fsp3) is 1.00. The van der Waals surface area contributed by atoms with Crippen molar-refractivity contribution in [2.75, 3.05) is 0 Å². The number of nitrogens with one attached hydrogen (secondary N) is 1. The van der Waals surface area contributed by atoms with Gasteiger partial charge in [0.15, 0.2) is 0 Å². The van der Waals surface area contributed by atoms with Gasteiger partial charge in [-0.25, -0.2) is 0 Å². The maximum absolute atomic E-state index is 3.85. The normalized spacial score (nSPS) is 29.4. The summed E-state index contributed by atoms with van der Waals surface area (Å²) in [5.74, 6) is 0.802. The molecule has 3 atom stereocenters. The summed E-state index contributed by atoms with van der Waals surface area (Å²) >= 11 is 0. The summed E-state index contributed by atoms with van der Waals surface area (Å²) in [6.45, 7) is 11.8. The van der Waals surface area contributed by atoms with E-state index in [-0.39, 0.29) is 0 Å². The van der Waals surface area contributed by atoms with E-state index in [1.165, 1.54) is 38.5 Å². The van der Waals surface area contributed by atoms with Gasteiger partial charge in [0.2, 0.25) is 0 Å². The molecule has 3 unspecified atom stereocenters. The van der Waals surface area contributed by atoms with Crippen LogP contribution in [-0.4, -0.2) is 12.1 Å². The molecular weight excluding hydrogens is 194 g/mol. The van der Waals surface area contributed by atoms with E-state index in [9.17, 15) is 0 Å². The highest BCUT2D eigenvalue weighted by molar-refractivity contribution is 4.82. The Labute approximate surface area is 102 Å². The van der Waals surface area contributed by atoms with Gasteiger partial charge in [-0.05, 0) is 43.9 Å². The average molecular weight is 225 g/mol. The first-order chi connectivity index (χ1) is 7.44. The fourth-order valence-electron chi connectivity index (χ4n) is 2.72. The SMILES string of the molecule is CCC(C)C(C)NC1CCCC(C)(C)CC1. The van der Waals surface area contributed by atoms with Crippen LogP contribution in [0.3, 0.4) is 0 Å². The third-order valence-electron chi connectivity index (χ3n) is 4.57. The van der Waals surface area contributed by atoms with Gasteiger partial charge in [-0.1, -0.05) is 40.5 Å². The second-order valence-electron chi connectivity index (χ2n) is 6.63. The van der Waals surface area contributed by atoms with Crippen molar-refractivity contribution in [3.05, 3.63) is 0 Å². The first-order valence-corrected chi connectivity index (χ1v) is 7.20. The van der Waals surface area contributed by atoms with Crippen LogP contribution in [0, 0.1) is 11.3 Å². The Morgan fingerprint density at radius 3 is 2.50 bits per heavy atom. The molecule has 16 heavy (non-hydrogen) atoms. The first-order valence-electron chi connectivity index (χ1n) is 7.20. The van der Waals surface area contributed by atoms with Crippen LogP contribution in [0.15, 0.2) is 0 Å². The molecule has 0 radical (unpaired) electrons. The molecule has 1 aliphatic rings. The van der Waals surface area contributed by atoms with Gasteiger partial charge < -0.3 is 5.32 Å². The molecule has 0 saturated heterocycles. The van der Waals surface area contributed by atoms with Gasteiger partial charge in [0.1, 0.15) is 0 Å². The summed E-state index contributed by atoms with van der Waals surface area (Å²) < 4.78 is 0. The number of hydrogen-bond donors (Lipinski definition) is 1. The zero-order valence-corrected chi connectivity index (χ0v) is 12.0.